The summed E-state index contributed by atoms with van der Waals surface area (Å²) in [4.78, 5) is 0. The van der Waals surface area contributed by atoms with Crippen LogP contribution in [-0.2, 0) is 6.61 Å². The number of aryl methyl sites for hydroxylation is 2. The molecule has 18 heavy (non-hydrogen) atoms. The Hall–Kier alpha value is -1.90. The van der Waals surface area contributed by atoms with Gasteiger partial charge in [-0.2, -0.15) is 0 Å². The van der Waals surface area contributed by atoms with Gasteiger partial charge in [-0.1, -0.05) is 23.8 Å². The van der Waals surface area contributed by atoms with Crippen molar-refractivity contribution in [2.75, 3.05) is 0 Å². The average Bonchev–Trinajstić information content (AvgIpc) is 2.32. The van der Waals surface area contributed by atoms with Gasteiger partial charge in [-0.05, 0) is 43.2 Å². The predicted molar refractivity (Wildman–Crippen MR) is 66.6 cm³/mol. The maximum absolute atomic E-state index is 13.0. The number of benzene rings is 2. The molecule has 3 heteroatoms. The van der Waals surface area contributed by atoms with Crippen molar-refractivity contribution in [1.29, 1.82) is 0 Å². The van der Waals surface area contributed by atoms with E-state index in [0.717, 1.165) is 29.0 Å². The Morgan fingerprint density at radius 2 is 1.72 bits per heavy atom. The smallest absolute Gasteiger partial charge is 0.159 e. The molecule has 0 atom stereocenters. The van der Waals surface area contributed by atoms with Gasteiger partial charge in [-0.25, -0.2) is 8.78 Å². The molecule has 1 nitrogen and oxygen atoms in total. The summed E-state index contributed by atoms with van der Waals surface area (Å²) in [7, 11) is 0. The molecule has 94 valence electrons. The van der Waals surface area contributed by atoms with Crippen LogP contribution in [0.1, 0.15) is 16.7 Å². The lowest BCUT2D eigenvalue weighted by atomic mass is 10.1. The number of halogens is 2. The lowest BCUT2D eigenvalue weighted by Crippen LogP contribution is -1.98. The fourth-order valence-corrected chi connectivity index (χ4v) is 1.75. The Morgan fingerprint density at radius 1 is 0.944 bits per heavy atom. The molecular weight excluding hydrogens is 234 g/mol. The lowest BCUT2D eigenvalue weighted by molar-refractivity contribution is 0.303. The van der Waals surface area contributed by atoms with Crippen LogP contribution in [0.25, 0.3) is 0 Å². The van der Waals surface area contributed by atoms with Crippen molar-refractivity contribution in [2.24, 2.45) is 0 Å². The van der Waals surface area contributed by atoms with Crippen LogP contribution in [0.4, 0.5) is 8.78 Å². The third kappa shape index (κ3) is 2.86. The summed E-state index contributed by atoms with van der Waals surface area (Å²) >= 11 is 0. The molecule has 0 amide bonds. The highest BCUT2D eigenvalue weighted by molar-refractivity contribution is 5.35. The molecule has 0 saturated heterocycles. The van der Waals surface area contributed by atoms with Crippen LogP contribution in [0.3, 0.4) is 0 Å². The predicted octanol–water partition coefficient (Wildman–Crippen LogP) is 4.16. The van der Waals surface area contributed by atoms with Crippen molar-refractivity contribution < 1.29 is 13.5 Å². The molecule has 2 aromatic rings. The minimum atomic E-state index is -0.850. The van der Waals surface area contributed by atoms with Crippen LogP contribution in [0.5, 0.6) is 5.75 Å². The molecule has 0 radical (unpaired) electrons. The lowest BCUT2D eigenvalue weighted by Gasteiger charge is -2.10. The van der Waals surface area contributed by atoms with Crippen LogP contribution in [0.15, 0.2) is 36.4 Å². The van der Waals surface area contributed by atoms with Gasteiger partial charge in [0.25, 0.3) is 0 Å². The van der Waals surface area contributed by atoms with E-state index in [4.69, 9.17) is 4.74 Å². The van der Waals surface area contributed by atoms with Crippen LogP contribution >= 0.6 is 0 Å². The van der Waals surface area contributed by atoms with Crippen molar-refractivity contribution in [1.82, 2.24) is 0 Å². The molecule has 0 aliphatic heterocycles. The molecule has 0 saturated carbocycles. The summed E-state index contributed by atoms with van der Waals surface area (Å²) in [5, 5.41) is 0. The van der Waals surface area contributed by atoms with Crippen molar-refractivity contribution in [2.45, 2.75) is 20.5 Å². The van der Waals surface area contributed by atoms with Crippen LogP contribution in [0.2, 0.25) is 0 Å². The summed E-state index contributed by atoms with van der Waals surface area (Å²) in [6.45, 7) is 4.18. The normalized spacial score (nSPS) is 10.4. The molecule has 0 N–H and O–H groups in total. The van der Waals surface area contributed by atoms with Crippen molar-refractivity contribution in [3.8, 4) is 5.75 Å². The van der Waals surface area contributed by atoms with E-state index in [1.54, 1.807) is 0 Å². The van der Waals surface area contributed by atoms with Gasteiger partial charge in [0, 0.05) is 0 Å². The first-order chi connectivity index (χ1) is 8.56. The third-order valence-electron chi connectivity index (χ3n) is 2.71. The molecule has 0 heterocycles. The Morgan fingerprint density at radius 3 is 2.39 bits per heavy atom. The quantitative estimate of drug-likeness (QED) is 0.792. The van der Waals surface area contributed by atoms with Gasteiger partial charge < -0.3 is 4.74 Å². The van der Waals surface area contributed by atoms with Gasteiger partial charge in [0.2, 0.25) is 0 Å². The van der Waals surface area contributed by atoms with E-state index in [2.05, 4.69) is 0 Å². The van der Waals surface area contributed by atoms with Crippen molar-refractivity contribution >= 4 is 0 Å². The highest BCUT2D eigenvalue weighted by Gasteiger charge is 2.04. The van der Waals surface area contributed by atoms with Crippen LogP contribution in [0, 0.1) is 25.5 Å². The zero-order chi connectivity index (χ0) is 13.1. The first-order valence-electron chi connectivity index (χ1n) is 5.70. The standard InChI is InChI=1S/C15H14F2O/c1-10-3-6-15(11(2)7-10)18-9-12-4-5-13(16)14(17)8-12/h3-8H,9H2,1-2H3. The minimum Gasteiger partial charge on any atom is -0.489 e. The summed E-state index contributed by atoms with van der Waals surface area (Å²) in [5.41, 5.74) is 2.79. The number of rotatable bonds is 3. The van der Waals surface area contributed by atoms with E-state index < -0.39 is 11.6 Å². The minimum absolute atomic E-state index is 0.223. The third-order valence-corrected chi connectivity index (χ3v) is 2.71. The first-order valence-corrected chi connectivity index (χ1v) is 5.70. The van der Waals surface area contributed by atoms with Crippen molar-refractivity contribution in [3.05, 3.63) is 64.7 Å². The molecule has 0 aliphatic carbocycles. The van der Waals surface area contributed by atoms with Crippen molar-refractivity contribution in [3.63, 3.8) is 0 Å². The molecular formula is C15H14F2O. The number of hydrogen-bond donors (Lipinski definition) is 0. The molecule has 0 aliphatic rings. The highest BCUT2D eigenvalue weighted by Crippen LogP contribution is 2.20. The van der Waals surface area contributed by atoms with Crippen LogP contribution in [-0.4, -0.2) is 0 Å². The van der Waals surface area contributed by atoms with E-state index in [0.29, 0.717) is 5.56 Å². The maximum atomic E-state index is 13.0. The summed E-state index contributed by atoms with van der Waals surface area (Å²) in [5.74, 6) is -0.938. The molecule has 0 unspecified atom stereocenters. The Balaban J connectivity index is 2.09. The molecule has 0 spiro atoms. The van der Waals surface area contributed by atoms with Gasteiger partial charge in [-0.3, -0.25) is 0 Å². The van der Waals surface area contributed by atoms with Gasteiger partial charge >= 0.3 is 0 Å². The fraction of sp³-hybridized carbons (Fsp3) is 0.200. The summed E-state index contributed by atoms with van der Waals surface area (Å²) in [6.07, 6.45) is 0. The van der Waals surface area contributed by atoms with Gasteiger partial charge in [-0.15, -0.1) is 0 Å². The van der Waals surface area contributed by atoms with E-state index in [1.807, 2.05) is 32.0 Å². The fourth-order valence-electron chi connectivity index (χ4n) is 1.75. The monoisotopic (exact) mass is 248 g/mol. The Labute approximate surface area is 105 Å². The number of ether oxygens (including phenoxy) is 1. The van der Waals surface area contributed by atoms with E-state index in [9.17, 15) is 8.78 Å². The van der Waals surface area contributed by atoms with Gasteiger partial charge in [0.15, 0.2) is 11.6 Å². The topological polar surface area (TPSA) is 9.23 Å². The van der Waals surface area contributed by atoms with E-state index in [1.165, 1.54) is 6.07 Å². The second-order valence-electron chi connectivity index (χ2n) is 4.31. The zero-order valence-electron chi connectivity index (χ0n) is 10.3. The van der Waals surface area contributed by atoms with Crippen LogP contribution < -0.4 is 4.74 Å². The Kier molecular flexibility index (Phi) is 3.60. The average molecular weight is 248 g/mol. The SMILES string of the molecule is Cc1ccc(OCc2ccc(F)c(F)c2)c(C)c1. The molecule has 2 aromatic carbocycles. The van der Waals surface area contributed by atoms with Gasteiger partial charge in [0.05, 0.1) is 0 Å². The van der Waals surface area contributed by atoms with E-state index in [-0.39, 0.29) is 6.61 Å². The number of hydrogen-bond acceptors (Lipinski definition) is 1. The molecule has 0 aromatic heterocycles. The highest BCUT2D eigenvalue weighted by atomic mass is 19.2. The second-order valence-corrected chi connectivity index (χ2v) is 4.31. The largest absolute Gasteiger partial charge is 0.489 e. The van der Waals surface area contributed by atoms with Gasteiger partial charge in [0.1, 0.15) is 12.4 Å². The molecule has 0 fully saturated rings. The second kappa shape index (κ2) is 5.17. The summed E-state index contributed by atoms with van der Waals surface area (Å²) < 4.78 is 31.3. The molecule has 2 rings (SSSR count). The first kappa shape index (κ1) is 12.6. The zero-order valence-corrected chi connectivity index (χ0v) is 10.3. The maximum Gasteiger partial charge on any atom is 0.159 e. The summed E-state index contributed by atoms with van der Waals surface area (Å²) in [6, 6.07) is 9.62. The van der Waals surface area contributed by atoms with E-state index >= 15 is 0 Å². The Bertz CT molecular complexity index is 564. The molecule has 0 bridgehead atoms.